The molecule has 2 aromatic rings. The van der Waals surface area contributed by atoms with Gasteiger partial charge in [0.1, 0.15) is 5.52 Å². The molecule has 0 aromatic carbocycles. The van der Waals surface area contributed by atoms with E-state index in [1.54, 1.807) is 0 Å². The smallest absolute Gasteiger partial charge is 0.154 e. The molecule has 4 nitrogen and oxygen atoms in total. The summed E-state index contributed by atoms with van der Waals surface area (Å²) in [6, 6.07) is 1.99. The van der Waals surface area contributed by atoms with Gasteiger partial charge in [-0.15, -0.1) is 11.6 Å². The van der Waals surface area contributed by atoms with Crippen molar-refractivity contribution >= 4 is 28.5 Å². The van der Waals surface area contributed by atoms with Crippen molar-refractivity contribution in [3.63, 3.8) is 0 Å². The molecule has 0 bridgehead atoms. The molecule has 1 aliphatic carbocycles. The van der Waals surface area contributed by atoms with E-state index >= 15 is 0 Å². The number of halogens is 1. The van der Waals surface area contributed by atoms with Crippen LogP contribution in [0.3, 0.4) is 0 Å². The van der Waals surface area contributed by atoms with Crippen molar-refractivity contribution in [2.24, 2.45) is 12.5 Å². The van der Waals surface area contributed by atoms with Crippen molar-refractivity contribution in [2.75, 3.05) is 17.7 Å². The van der Waals surface area contributed by atoms with Crippen LogP contribution in [0.1, 0.15) is 25.7 Å². The number of aromatic nitrogens is 3. The Kier molecular flexibility index (Phi) is 3.35. The molecule has 1 fully saturated rings. The molecule has 2 aromatic heterocycles. The molecule has 1 saturated carbocycles. The molecule has 0 radical (unpaired) electrons. The lowest BCUT2D eigenvalue weighted by atomic mass is 9.88. The molecule has 5 heteroatoms. The van der Waals surface area contributed by atoms with Crippen LogP contribution >= 0.6 is 11.6 Å². The Morgan fingerprint density at radius 3 is 2.89 bits per heavy atom. The zero-order chi connectivity index (χ0) is 13.3. The van der Waals surface area contributed by atoms with Gasteiger partial charge in [-0.25, -0.2) is 9.97 Å². The van der Waals surface area contributed by atoms with Gasteiger partial charge in [-0.2, -0.15) is 0 Å². The first-order valence-electron chi connectivity index (χ1n) is 6.80. The molecule has 102 valence electrons. The fourth-order valence-corrected chi connectivity index (χ4v) is 3.31. The normalized spacial score (nSPS) is 18.0. The molecule has 0 amide bonds. The highest BCUT2D eigenvalue weighted by Gasteiger charge is 2.33. The Morgan fingerprint density at radius 1 is 1.37 bits per heavy atom. The highest BCUT2D eigenvalue weighted by molar-refractivity contribution is 6.18. The number of hydrogen-bond acceptors (Lipinski definition) is 3. The average molecular weight is 279 g/mol. The number of anilines is 1. The van der Waals surface area contributed by atoms with Crippen LogP contribution in [0.25, 0.3) is 11.0 Å². The monoisotopic (exact) mass is 278 g/mol. The Hall–Kier alpha value is -1.29. The van der Waals surface area contributed by atoms with Crippen molar-refractivity contribution in [2.45, 2.75) is 25.7 Å². The number of pyridine rings is 1. The standard InChI is InChI=1S/C14H19ClN4/c1-19-10-18-12-11(19)4-7-16-13(12)17-9-14(8-15)5-2-3-6-14/h4,7,10H,2-3,5-6,8-9H2,1H3,(H,16,17). The summed E-state index contributed by atoms with van der Waals surface area (Å²) in [6.07, 6.45) is 8.65. The summed E-state index contributed by atoms with van der Waals surface area (Å²) in [6.45, 7) is 0.888. The first kappa shape index (κ1) is 12.7. The van der Waals surface area contributed by atoms with Crippen molar-refractivity contribution < 1.29 is 0 Å². The third-order valence-electron chi connectivity index (χ3n) is 4.22. The zero-order valence-electron chi connectivity index (χ0n) is 11.2. The van der Waals surface area contributed by atoms with Gasteiger partial charge in [-0.3, -0.25) is 0 Å². The largest absolute Gasteiger partial charge is 0.368 e. The van der Waals surface area contributed by atoms with Crippen molar-refractivity contribution in [1.29, 1.82) is 0 Å². The van der Waals surface area contributed by atoms with E-state index in [9.17, 15) is 0 Å². The van der Waals surface area contributed by atoms with Crippen LogP contribution < -0.4 is 5.32 Å². The molecule has 1 aliphatic rings. The summed E-state index contributed by atoms with van der Waals surface area (Å²) in [5, 5.41) is 3.46. The minimum atomic E-state index is 0.236. The molecule has 3 rings (SSSR count). The van der Waals surface area contributed by atoms with Crippen molar-refractivity contribution in [1.82, 2.24) is 14.5 Å². The van der Waals surface area contributed by atoms with Gasteiger partial charge < -0.3 is 9.88 Å². The SMILES string of the molecule is Cn1cnc2c(NCC3(CCl)CCCC3)nccc21. The quantitative estimate of drug-likeness (QED) is 0.874. The first-order chi connectivity index (χ1) is 9.24. The van der Waals surface area contributed by atoms with Crippen molar-refractivity contribution in [3.05, 3.63) is 18.6 Å². The molecule has 0 aliphatic heterocycles. The molecule has 0 atom stereocenters. The molecule has 19 heavy (non-hydrogen) atoms. The number of hydrogen-bond donors (Lipinski definition) is 1. The van der Waals surface area contributed by atoms with E-state index < -0.39 is 0 Å². The number of alkyl halides is 1. The highest BCUT2D eigenvalue weighted by atomic mass is 35.5. The number of imidazole rings is 1. The lowest BCUT2D eigenvalue weighted by Gasteiger charge is -2.26. The van der Waals surface area contributed by atoms with Crippen LogP contribution in [-0.4, -0.2) is 27.0 Å². The summed E-state index contributed by atoms with van der Waals surface area (Å²) in [5.41, 5.74) is 2.27. The molecule has 0 saturated heterocycles. The van der Waals surface area contributed by atoms with E-state index in [-0.39, 0.29) is 5.41 Å². The van der Waals surface area contributed by atoms with Gasteiger partial charge >= 0.3 is 0 Å². The van der Waals surface area contributed by atoms with E-state index in [1.165, 1.54) is 25.7 Å². The molecule has 2 heterocycles. The maximum absolute atomic E-state index is 6.17. The van der Waals surface area contributed by atoms with Gasteiger partial charge in [0.2, 0.25) is 0 Å². The number of nitrogens with one attached hydrogen (secondary N) is 1. The van der Waals surface area contributed by atoms with E-state index in [1.807, 2.05) is 30.2 Å². The average Bonchev–Trinajstić information content (AvgIpc) is 3.05. The Labute approximate surface area is 118 Å². The molecular formula is C14H19ClN4. The minimum Gasteiger partial charge on any atom is -0.368 e. The summed E-state index contributed by atoms with van der Waals surface area (Å²) >= 11 is 6.17. The summed E-state index contributed by atoms with van der Waals surface area (Å²) < 4.78 is 2.01. The fraction of sp³-hybridized carbons (Fsp3) is 0.571. The van der Waals surface area contributed by atoms with Crippen LogP contribution in [0.4, 0.5) is 5.82 Å². The number of fused-ring (bicyclic) bond motifs is 1. The summed E-state index contributed by atoms with van der Waals surface area (Å²) in [7, 11) is 2.00. The summed E-state index contributed by atoms with van der Waals surface area (Å²) in [4.78, 5) is 8.83. The topological polar surface area (TPSA) is 42.7 Å². The van der Waals surface area contributed by atoms with Gasteiger partial charge in [0.25, 0.3) is 0 Å². The second-order valence-electron chi connectivity index (χ2n) is 5.58. The van der Waals surface area contributed by atoms with Crippen LogP contribution in [-0.2, 0) is 7.05 Å². The van der Waals surface area contributed by atoms with E-state index in [4.69, 9.17) is 11.6 Å². The van der Waals surface area contributed by atoms with Crippen LogP contribution in [0.2, 0.25) is 0 Å². The van der Waals surface area contributed by atoms with Gasteiger partial charge in [0.05, 0.1) is 11.8 Å². The van der Waals surface area contributed by atoms with Gasteiger partial charge in [-0.1, -0.05) is 12.8 Å². The minimum absolute atomic E-state index is 0.236. The van der Waals surface area contributed by atoms with Crippen LogP contribution in [0.5, 0.6) is 0 Å². The maximum atomic E-state index is 6.17. The first-order valence-corrected chi connectivity index (χ1v) is 7.33. The van der Waals surface area contributed by atoms with Crippen molar-refractivity contribution in [3.8, 4) is 0 Å². The van der Waals surface area contributed by atoms with E-state index in [0.717, 1.165) is 29.3 Å². The maximum Gasteiger partial charge on any atom is 0.154 e. The van der Waals surface area contributed by atoms with E-state index in [2.05, 4.69) is 15.3 Å². The Bertz CT molecular complexity index is 572. The second-order valence-corrected chi connectivity index (χ2v) is 5.84. The number of rotatable bonds is 4. The molecule has 1 N–H and O–H groups in total. The Balaban J connectivity index is 1.82. The highest BCUT2D eigenvalue weighted by Crippen LogP contribution is 2.39. The third kappa shape index (κ3) is 2.29. The fourth-order valence-electron chi connectivity index (χ4n) is 2.95. The van der Waals surface area contributed by atoms with E-state index in [0.29, 0.717) is 0 Å². The lowest BCUT2D eigenvalue weighted by Crippen LogP contribution is -2.28. The molecular weight excluding hydrogens is 260 g/mol. The lowest BCUT2D eigenvalue weighted by molar-refractivity contribution is 0.368. The van der Waals surface area contributed by atoms with Gasteiger partial charge in [-0.05, 0) is 18.9 Å². The molecule has 0 unspecified atom stereocenters. The van der Waals surface area contributed by atoms with Crippen LogP contribution in [0.15, 0.2) is 18.6 Å². The third-order valence-corrected chi connectivity index (χ3v) is 4.79. The zero-order valence-corrected chi connectivity index (χ0v) is 12.0. The predicted octanol–water partition coefficient (Wildman–Crippen LogP) is 3.18. The Morgan fingerprint density at radius 2 is 2.16 bits per heavy atom. The van der Waals surface area contributed by atoms with Gasteiger partial charge in [0.15, 0.2) is 5.82 Å². The number of nitrogens with zero attached hydrogens (tertiary/aromatic N) is 3. The predicted molar refractivity (Wildman–Crippen MR) is 78.6 cm³/mol. The number of aryl methyl sites for hydroxylation is 1. The van der Waals surface area contributed by atoms with Gasteiger partial charge in [0, 0.05) is 31.1 Å². The van der Waals surface area contributed by atoms with Crippen LogP contribution in [0, 0.1) is 5.41 Å². The molecule has 0 spiro atoms. The second kappa shape index (κ2) is 5.00. The summed E-state index contributed by atoms with van der Waals surface area (Å²) in [5.74, 6) is 1.59.